The summed E-state index contributed by atoms with van der Waals surface area (Å²) in [5, 5.41) is 0. The molecule has 0 saturated carbocycles. The van der Waals surface area contributed by atoms with Gasteiger partial charge in [-0.15, -0.1) is 0 Å². The van der Waals surface area contributed by atoms with Crippen LogP contribution in [0.5, 0.6) is 0 Å². The summed E-state index contributed by atoms with van der Waals surface area (Å²) in [4.78, 5) is 18.6. The van der Waals surface area contributed by atoms with Gasteiger partial charge < -0.3 is 10.3 Å². The molecule has 0 unspecified atom stereocenters. The molecule has 0 atom stereocenters. The number of benzene rings is 1. The molecule has 1 aromatic heterocycles. The lowest BCUT2D eigenvalue weighted by Crippen LogP contribution is -2.26. The fourth-order valence-electron chi connectivity index (χ4n) is 2.13. The normalized spacial score (nSPS) is 10.2. The summed E-state index contributed by atoms with van der Waals surface area (Å²) in [6.07, 6.45) is 1.77. The molecule has 110 valence electrons. The molecule has 0 aliphatic heterocycles. The number of hydrogen-bond donors (Lipinski definition) is 2. The molecular weight excluding hydrogens is 264 g/mol. The third-order valence-corrected chi connectivity index (χ3v) is 3.23. The van der Waals surface area contributed by atoms with E-state index < -0.39 is 0 Å². The summed E-state index contributed by atoms with van der Waals surface area (Å²) in [7, 11) is 1.76. The highest BCUT2D eigenvalue weighted by Crippen LogP contribution is 2.17. The van der Waals surface area contributed by atoms with Crippen LogP contribution in [0, 0.1) is 0 Å². The minimum Gasteiger partial charge on any atom is -0.311 e. The van der Waals surface area contributed by atoms with E-state index in [2.05, 4.69) is 17.3 Å². The molecule has 0 radical (unpaired) electrons. The first kappa shape index (κ1) is 15.0. The van der Waals surface area contributed by atoms with Crippen LogP contribution in [0.4, 0.5) is 11.5 Å². The highest BCUT2D eigenvalue weighted by atomic mass is 16.2. The van der Waals surface area contributed by atoms with Gasteiger partial charge in [-0.25, -0.2) is 10.8 Å². The third kappa shape index (κ3) is 3.58. The van der Waals surface area contributed by atoms with Crippen LogP contribution in [0.15, 0.2) is 42.5 Å². The first-order chi connectivity index (χ1) is 10.2. The molecule has 0 fully saturated rings. The molecule has 0 spiro atoms. The van der Waals surface area contributed by atoms with Gasteiger partial charge in [0.25, 0.3) is 5.91 Å². The fourth-order valence-corrected chi connectivity index (χ4v) is 2.13. The van der Waals surface area contributed by atoms with Gasteiger partial charge in [-0.3, -0.25) is 4.79 Å². The maximum absolute atomic E-state index is 12.6. The number of carbonyl (C=O) groups is 1. The number of rotatable bonds is 5. The van der Waals surface area contributed by atoms with Crippen molar-refractivity contribution in [1.82, 2.24) is 4.98 Å². The minimum absolute atomic E-state index is 0.0857. The second-order valence-electron chi connectivity index (χ2n) is 4.83. The van der Waals surface area contributed by atoms with Crippen molar-refractivity contribution in [3.63, 3.8) is 0 Å². The molecule has 21 heavy (non-hydrogen) atoms. The summed E-state index contributed by atoms with van der Waals surface area (Å²) < 4.78 is 0. The predicted octanol–water partition coefficient (Wildman–Crippen LogP) is 2.60. The monoisotopic (exact) mass is 284 g/mol. The zero-order valence-corrected chi connectivity index (χ0v) is 12.3. The van der Waals surface area contributed by atoms with E-state index >= 15 is 0 Å². The predicted molar refractivity (Wildman–Crippen MR) is 85.2 cm³/mol. The summed E-state index contributed by atoms with van der Waals surface area (Å²) in [5.41, 5.74) is 4.80. The van der Waals surface area contributed by atoms with Gasteiger partial charge in [0.1, 0.15) is 5.82 Å². The summed E-state index contributed by atoms with van der Waals surface area (Å²) in [6, 6.07) is 13.0. The number of para-hydroxylation sites is 1. The van der Waals surface area contributed by atoms with Crippen LogP contribution in [-0.4, -0.2) is 17.9 Å². The van der Waals surface area contributed by atoms with E-state index in [1.165, 1.54) is 0 Å². The molecule has 1 amide bonds. The Morgan fingerprint density at radius 1 is 1.29 bits per heavy atom. The number of aromatic nitrogens is 1. The second-order valence-corrected chi connectivity index (χ2v) is 4.83. The van der Waals surface area contributed by atoms with E-state index in [4.69, 9.17) is 5.84 Å². The van der Waals surface area contributed by atoms with Crippen molar-refractivity contribution in [3.05, 3.63) is 53.7 Å². The zero-order valence-electron chi connectivity index (χ0n) is 12.3. The zero-order chi connectivity index (χ0) is 15.2. The number of pyridine rings is 1. The quantitative estimate of drug-likeness (QED) is 0.654. The van der Waals surface area contributed by atoms with Crippen LogP contribution in [-0.2, 0) is 6.42 Å². The number of carbonyl (C=O) groups excluding carboxylic acids is 1. The van der Waals surface area contributed by atoms with Gasteiger partial charge >= 0.3 is 0 Å². The number of nitrogens with one attached hydrogen (secondary N) is 1. The van der Waals surface area contributed by atoms with Gasteiger partial charge in [-0.2, -0.15) is 0 Å². The van der Waals surface area contributed by atoms with E-state index in [1.54, 1.807) is 18.0 Å². The maximum Gasteiger partial charge on any atom is 0.258 e. The smallest absolute Gasteiger partial charge is 0.258 e. The van der Waals surface area contributed by atoms with Crippen LogP contribution < -0.4 is 16.2 Å². The van der Waals surface area contributed by atoms with Crippen molar-refractivity contribution in [2.75, 3.05) is 17.4 Å². The van der Waals surface area contributed by atoms with Crippen molar-refractivity contribution in [2.45, 2.75) is 19.8 Å². The topological polar surface area (TPSA) is 71.2 Å². The SMILES string of the molecule is CCCc1cc(C(=O)N(C)c2ccccc2)cc(NN)n1. The molecular formula is C16H20N4O. The van der Waals surface area contributed by atoms with Gasteiger partial charge in [-0.05, 0) is 30.7 Å². The molecule has 1 aromatic carbocycles. The van der Waals surface area contributed by atoms with Gasteiger partial charge in [-0.1, -0.05) is 31.5 Å². The number of nitrogens with two attached hydrogens (primary N) is 1. The Bertz CT molecular complexity index is 613. The number of hydrazine groups is 1. The van der Waals surface area contributed by atoms with Gasteiger partial charge in [0, 0.05) is 24.0 Å². The fraction of sp³-hybridized carbons (Fsp3) is 0.250. The number of aryl methyl sites for hydroxylation is 1. The molecule has 5 nitrogen and oxygen atoms in total. The molecule has 1 heterocycles. The Hall–Kier alpha value is -2.40. The van der Waals surface area contributed by atoms with E-state index in [9.17, 15) is 4.79 Å². The maximum atomic E-state index is 12.6. The highest BCUT2D eigenvalue weighted by molar-refractivity contribution is 6.06. The lowest BCUT2D eigenvalue weighted by atomic mass is 10.1. The van der Waals surface area contributed by atoms with Crippen molar-refractivity contribution in [1.29, 1.82) is 0 Å². The van der Waals surface area contributed by atoms with Crippen LogP contribution in [0.25, 0.3) is 0 Å². The Balaban J connectivity index is 2.31. The average molecular weight is 284 g/mol. The van der Waals surface area contributed by atoms with Crippen LogP contribution in [0.1, 0.15) is 29.4 Å². The van der Waals surface area contributed by atoms with Crippen molar-refractivity contribution < 1.29 is 4.79 Å². The van der Waals surface area contributed by atoms with Crippen LogP contribution >= 0.6 is 0 Å². The van der Waals surface area contributed by atoms with Crippen LogP contribution in [0.3, 0.4) is 0 Å². The van der Waals surface area contributed by atoms with Crippen molar-refractivity contribution in [3.8, 4) is 0 Å². The Morgan fingerprint density at radius 2 is 2.00 bits per heavy atom. The van der Waals surface area contributed by atoms with Crippen LogP contribution in [0.2, 0.25) is 0 Å². The van der Waals surface area contributed by atoms with Crippen molar-refractivity contribution >= 4 is 17.4 Å². The van der Waals surface area contributed by atoms with E-state index in [-0.39, 0.29) is 5.91 Å². The molecule has 0 saturated heterocycles. The number of nitrogen functional groups attached to an aromatic ring is 1. The Morgan fingerprint density at radius 3 is 2.62 bits per heavy atom. The molecule has 0 aliphatic rings. The lowest BCUT2D eigenvalue weighted by molar-refractivity contribution is 0.0993. The number of hydrogen-bond acceptors (Lipinski definition) is 4. The second kappa shape index (κ2) is 6.85. The van der Waals surface area contributed by atoms with Gasteiger partial charge in [0.2, 0.25) is 0 Å². The molecule has 5 heteroatoms. The molecule has 0 aliphatic carbocycles. The summed E-state index contributed by atoms with van der Waals surface area (Å²) in [6.45, 7) is 2.07. The number of anilines is 2. The number of amides is 1. The minimum atomic E-state index is -0.0857. The first-order valence-corrected chi connectivity index (χ1v) is 6.96. The Labute approximate surface area is 124 Å². The molecule has 2 rings (SSSR count). The van der Waals surface area contributed by atoms with E-state index in [0.717, 1.165) is 24.2 Å². The first-order valence-electron chi connectivity index (χ1n) is 6.96. The number of nitrogens with zero attached hydrogens (tertiary/aromatic N) is 2. The summed E-state index contributed by atoms with van der Waals surface area (Å²) in [5.74, 6) is 5.85. The molecule has 2 aromatic rings. The standard InChI is InChI=1S/C16H20N4O/c1-3-7-13-10-12(11-15(18-13)19-17)16(21)20(2)14-8-5-4-6-9-14/h4-6,8-11H,3,7,17H2,1-2H3,(H,18,19). The largest absolute Gasteiger partial charge is 0.311 e. The van der Waals surface area contributed by atoms with Crippen molar-refractivity contribution in [2.24, 2.45) is 5.84 Å². The highest BCUT2D eigenvalue weighted by Gasteiger charge is 2.15. The van der Waals surface area contributed by atoms with E-state index in [1.807, 2.05) is 36.4 Å². The molecule has 3 N–H and O–H groups in total. The lowest BCUT2D eigenvalue weighted by Gasteiger charge is -2.18. The summed E-state index contributed by atoms with van der Waals surface area (Å²) >= 11 is 0. The van der Waals surface area contributed by atoms with E-state index in [0.29, 0.717) is 11.4 Å². The van der Waals surface area contributed by atoms with Gasteiger partial charge in [0.15, 0.2) is 0 Å². The van der Waals surface area contributed by atoms with Gasteiger partial charge in [0.05, 0.1) is 0 Å². The average Bonchev–Trinajstić information content (AvgIpc) is 2.54. The third-order valence-electron chi connectivity index (χ3n) is 3.23. The molecule has 0 bridgehead atoms. The Kier molecular flexibility index (Phi) is 4.90.